The van der Waals surface area contributed by atoms with Gasteiger partial charge in [-0.2, -0.15) is 0 Å². The fourth-order valence-electron chi connectivity index (χ4n) is 3.24. The van der Waals surface area contributed by atoms with E-state index < -0.39 is 0 Å². The number of nitrogens with zero attached hydrogens (tertiary/aromatic N) is 2. The number of piperazine rings is 1. The van der Waals surface area contributed by atoms with Crippen LogP contribution >= 0.6 is 11.3 Å². The van der Waals surface area contributed by atoms with E-state index >= 15 is 0 Å². The lowest BCUT2D eigenvalue weighted by Crippen LogP contribution is -2.51. The van der Waals surface area contributed by atoms with E-state index in [4.69, 9.17) is 5.11 Å². The Balaban J connectivity index is 1.62. The van der Waals surface area contributed by atoms with Crippen LogP contribution in [0.25, 0.3) is 0 Å². The number of anilines is 1. The smallest absolute Gasteiger partial charge is 0.104 e. The van der Waals surface area contributed by atoms with Gasteiger partial charge in [-0.25, -0.2) is 0 Å². The molecule has 1 unspecified atom stereocenters. The van der Waals surface area contributed by atoms with Crippen molar-refractivity contribution >= 4 is 17.0 Å². The molecule has 1 aliphatic rings. The lowest BCUT2D eigenvalue weighted by atomic mass is 10.1. The molecule has 3 rings (SSSR count). The Labute approximate surface area is 148 Å². The van der Waals surface area contributed by atoms with Crippen molar-refractivity contribution in [2.24, 2.45) is 0 Å². The van der Waals surface area contributed by atoms with Gasteiger partial charge in [0.05, 0.1) is 0 Å². The number of hydrogen-bond acceptors (Lipinski definition) is 4. The van der Waals surface area contributed by atoms with Crippen LogP contribution in [-0.4, -0.2) is 42.3 Å². The molecule has 1 aliphatic heterocycles. The molecule has 126 valence electrons. The summed E-state index contributed by atoms with van der Waals surface area (Å²) >= 11 is 1.76. The van der Waals surface area contributed by atoms with Crippen LogP contribution in [0.5, 0.6) is 0 Å². The average Bonchev–Trinajstić information content (AvgIpc) is 3.03. The van der Waals surface area contributed by atoms with E-state index in [1.807, 2.05) is 0 Å². The van der Waals surface area contributed by atoms with Gasteiger partial charge in [-0.15, -0.1) is 11.3 Å². The number of aliphatic hydroxyl groups is 1. The first-order valence-electron chi connectivity index (χ1n) is 8.39. The Hall–Kier alpha value is -1.80. The maximum absolute atomic E-state index is 8.79. The average molecular weight is 340 g/mol. The lowest BCUT2D eigenvalue weighted by molar-refractivity contribution is 0.182. The Morgan fingerprint density at radius 1 is 1.29 bits per heavy atom. The van der Waals surface area contributed by atoms with Gasteiger partial charge in [0.25, 0.3) is 0 Å². The lowest BCUT2D eigenvalue weighted by Gasteiger charge is -2.41. The summed E-state index contributed by atoms with van der Waals surface area (Å²) in [6.07, 6.45) is 0. The molecule has 0 bridgehead atoms. The number of thiophene rings is 1. The quantitative estimate of drug-likeness (QED) is 0.870. The predicted octanol–water partition coefficient (Wildman–Crippen LogP) is 3.11. The number of aliphatic hydroxyl groups excluding tert-OH is 1. The van der Waals surface area contributed by atoms with E-state index in [-0.39, 0.29) is 6.61 Å². The monoisotopic (exact) mass is 340 g/mol. The van der Waals surface area contributed by atoms with Gasteiger partial charge in [-0.1, -0.05) is 30.0 Å². The highest BCUT2D eigenvalue weighted by Crippen LogP contribution is 2.24. The van der Waals surface area contributed by atoms with Crippen molar-refractivity contribution in [1.82, 2.24) is 4.90 Å². The maximum Gasteiger partial charge on any atom is 0.104 e. The number of hydrogen-bond donors (Lipinski definition) is 1. The minimum absolute atomic E-state index is 0.0803. The highest BCUT2D eigenvalue weighted by molar-refractivity contribution is 7.10. The third kappa shape index (κ3) is 3.99. The molecular weight excluding hydrogens is 316 g/mol. The third-order valence-corrected chi connectivity index (χ3v) is 5.47. The van der Waals surface area contributed by atoms with Crippen molar-refractivity contribution in [3.63, 3.8) is 0 Å². The van der Waals surface area contributed by atoms with Gasteiger partial charge in [0.1, 0.15) is 6.61 Å². The topological polar surface area (TPSA) is 26.7 Å². The van der Waals surface area contributed by atoms with E-state index in [0.29, 0.717) is 6.04 Å². The minimum atomic E-state index is -0.0803. The summed E-state index contributed by atoms with van der Waals surface area (Å²) in [5, 5.41) is 10.9. The summed E-state index contributed by atoms with van der Waals surface area (Å²) in [4.78, 5) is 6.39. The van der Waals surface area contributed by atoms with Crippen molar-refractivity contribution in [3.8, 4) is 11.8 Å². The highest BCUT2D eigenvalue weighted by Gasteiger charge is 2.24. The summed E-state index contributed by atoms with van der Waals surface area (Å²) in [6, 6.07) is 11.3. The number of para-hydroxylation sites is 1. The van der Waals surface area contributed by atoms with Crippen LogP contribution in [-0.2, 0) is 6.54 Å². The van der Waals surface area contributed by atoms with Crippen LogP contribution in [0.15, 0.2) is 35.7 Å². The van der Waals surface area contributed by atoms with E-state index in [0.717, 1.165) is 31.7 Å². The second kappa shape index (κ2) is 7.85. The molecule has 1 aromatic heterocycles. The van der Waals surface area contributed by atoms with Gasteiger partial charge in [-0.3, -0.25) is 4.90 Å². The Kier molecular flexibility index (Phi) is 5.57. The van der Waals surface area contributed by atoms with E-state index in [1.165, 1.54) is 16.1 Å². The zero-order valence-corrected chi connectivity index (χ0v) is 15.1. The fraction of sp³-hybridized carbons (Fsp3) is 0.400. The summed E-state index contributed by atoms with van der Waals surface area (Å²) in [6.45, 7) is 8.60. The molecule has 1 aromatic carbocycles. The van der Waals surface area contributed by atoms with Gasteiger partial charge in [0, 0.05) is 53.7 Å². The van der Waals surface area contributed by atoms with Gasteiger partial charge in [0.2, 0.25) is 0 Å². The first-order chi connectivity index (χ1) is 11.7. The molecule has 2 heterocycles. The van der Waals surface area contributed by atoms with E-state index in [1.54, 1.807) is 11.3 Å². The molecule has 0 aliphatic carbocycles. The van der Waals surface area contributed by atoms with Gasteiger partial charge < -0.3 is 10.0 Å². The zero-order valence-electron chi connectivity index (χ0n) is 14.3. The molecule has 3 nitrogen and oxygen atoms in total. The summed E-state index contributed by atoms with van der Waals surface area (Å²) in [5.41, 5.74) is 3.72. The van der Waals surface area contributed by atoms with Crippen molar-refractivity contribution in [1.29, 1.82) is 0 Å². The normalized spacial score (nSPS) is 18.3. The van der Waals surface area contributed by atoms with Crippen molar-refractivity contribution in [2.45, 2.75) is 26.4 Å². The third-order valence-electron chi connectivity index (χ3n) is 4.55. The van der Waals surface area contributed by atoms with Crippen LogP contribution < -0.4 is 4.90 Å². The van der Waals surface area contributed by atoms with E-state index in [9.17, 15) is 0 Å². The molecule has 0 spiro atoms. The van der Waals surface area contributed by atoms with Gasteiger partial charge >= 0.3 is 0 Å². The van der Waals surface area contributed by atoms with Crippen molar-refractivity contribution in [3.05, 3.63) is 51.7 Å². The minimum Gasteiger partial charge on any atom is -0.384 e. The molecule has 0 saturated carbocycles. The molecule has 1 atom stereocenters. The second-order valence-corrected chi connectivity index (χ2v) is 7.31. The van der Waals surface area contributed by atoms with Crippen molar-refractivity contribution in [2.75, 3.05) is 31.1 Å². The summed E-state index contributed by atoms with van der Waals surface area (Å²) in [7, 11) is 0. The van der Waals surface area contributed by atoms with Crippen LogP contribution in [0.2, 0.25) is 0 Å². The molecular formula is C20H24N2OS. The maximum atomic E-state index is 8.79. The largest absolute Gasteiger partial charge is 0.384 e. The fourth-order valence-corrected chi connectivity index (χ4v) is 4.08. The number of aryl methyl sites for hydroxylation is 1. The summed E-state index contributed by atoms with van der Waals surface area (Å²) in [5.74, 6) is 5.69. The first kappa shape index (κ1) is 17.0. The Bertz CT molecular complexity index is 743. The summed E-state index contributed by atoms with van der Waals surface area (Å²) < 4.78 is 0. The number of rotatable bonds is 3. The van der Waals surface area contributed by atoms with Crippen LogP contribution in [0.1, 0.15) is 22.9 Å². The van der Waals surface area contributed by atoms with Crippen LogP contribution in [0, 0.1) is 18.8 Å². The van der Waals surface area contributed by atoms with Crippen LogP contribution in [0.4, 0.5) is 5.69 Å². The van der Waals surface area contributed by atoms with Crippen LogP contribution in [0.3, 0.4) is 0 Å². The van der Waals surface area contributed by atoms with Gasteiger partial charge in [-0.05, 0) is 31.5 Å². The van der Waals surface area contributed by atoms with E-state index in [2.05, 4.69) is 71.2 Å². The molecule has 1 saturated heterocycles. The molecule has 1 N–H and O–H groups in total. The van der Waals surface area contributed by atoms with Gasteiger partial charge in [0.15, 0.2) is 0 Å². The Morgan fingerprint density at radius 2 is 2.12 bits per heavy atom. The first-order valence-corrected chi connectivity index (χ1v) is 9.27. The SMILES string of the molecule is Cc1ccccc1N1CCN(Cc2cc(C#CCO)cs2)C(C)C1. The standard InChI is InChI=1S/C20H24N2OS/c1-16-6-3-4-8-20(16)22-10-9-21(17(2)13-22)14-19-12-18(15-24-19)7-5-11-23/h3-4,6,8,12,15,17,23H,9-11,13-14H2,1-2H3. The highest BCUT2D eigenvalue weighted by atomic mass is 32.1. The molecule has 0 amide bonds. The van der Waals surface area contributed by atoms with Crippen molar-refractivity contribution < 1.29 is 5.11 Å². The molecule has 0 radical (unpaired) electrons. The second-order valence-electron chi connectivity index (χ2n) is 6.31. The predicted molar refractivity (Wildman–Crippen MR) is 102 cm³/mol. The molecule has 24 heavy (non-hydrogen) atoms. The molecule has 2 aromatic rings. The zero-order chi connectivity index (χ0) is 16.9. The number of benzene rings is 1. The Morgan fingerprint density at radius 3 is 2.88 bits per heavy atom. The molecule has 4 heteroatoms. The molecule has 1 fully saturated rings.